The van der Waals surface area contributed by atoms with E-state index < -0.39 is 11.9 Å². The first kappa shape index (κ1) is 11.2. The van der Waals surface area contributed by atoms with Gasteiger partial charge < -0.3 is 5.11 Å². The second-order valence-corrected chi connectivity index (χ2v) is 4.39. The number of carboxylic acids is 1. The lowest BCUT2D eigenvalue weighted by Crippen LogP contribution is -2.09. The van der Waals surface area contributed by atoms with Gasteiger partial charge in [0.25, 0.3) is 0 Å². The summed E-state index contributed by atoms with van der Waals surface area (Å²) in [6.45, 7) is 5.63. The van der Waals surface area contributed by atoms with E-state index in [4.69, 9.17) is 5.11 Å². The molecule has 1 unspecified atom stereocenters. The summed E-state index contributed by atoms with van der Waals surface area (Å²) >= 11 is 3.40. The Morgan fingerprint density at radius 1 is 1.43 bits per heavy atom. The number of carboxylic acid groups (broad SMARTS) is 1. The number of rotatable bonds is 2. The average molecular weight is 257 g/mol. The van der Waals surface area contributed by atoms with Gasteiger partial charge in [-0.15, -0.1) is 0 Å². The Kier molecular flexibility index (Phi) is 3.32. The zero-order chi connectivity index (χ0) is 10.9. The van der Waals surface area contributed by atoms with Gasteiger partial charge in [-0.05, 0) is 43.5 Å². The molecular weight excluding hydrogens is 244 g/mol. The maximum atomic E-state index is 10.9. The lowest BCUT2D eigenvalue weighted by molar-refractivity contribution is -0.138. The Balaban J connectivity index is 3.27. The van der Waals surface area contributed by atoms with Crippen LogP contribution in [0.3, 0.4) is 0 Å². The van der Waals surface area contributed by atoms with Crippen molar-refractivity contribution in [2.24, 2.45) is 0 Å². The summed E-state index contributed by atoms with van der Waals surface area (Å²) < 4.78 is 0.880. The molecule has 0 radical (unpaired) electrons. The summed E-state index contributed by atoms with van der Waals surface area (Å²) in [7, 11) is 0. The van der Waals surface area contributed by atoms with Crippen molar-refractivity contribution >= 4 is 21.9 Å². The molecule has 3 heteroatoms. The number of benzene rings is 1. The summed E-state index contributed by atoms with van der Waals surface area (Å²) in [5.41, 5.74) is 3.02. The molecule has 0 heterocycles. The van der Waals surface area contributed by atoms with Crippen molar-refractivity contribution in [2.75, 3.05) is 0 Å². The molecule has 0 aliphatic rings. The summed E-state index contributed by atoms with van der Waals surface area (Å²) in [6.07, 6.45) is 0. The molecule has 76 valence electrons. The van der Waals surface area contributed by atoms with E-state index in [1.165, 1.54) is 0 Å². The number of carbonyl (C=O) groups is 1. The van der Waals surface area contributed by atoms with Gasteiger partial charge in [-0.2, -0.15) is 0 Å². The molecule has 1 N–H and O–H groups in total. The summed E-state index contributed by atoms with van der Waals surface area (Å²) in [5, 5.41) is 8.93. The third kappa shape index (κ3) is 2.15. The predicted molar refractivity (Wildman–Crippen MR) is 59.7 cm³/mol. The molecule has 0 saturated heterocycles. The Morgan fingerprint density at radius 2 is 2.00 bits per heavy atom. The molecule has 0 fully saturated rings. The third-order valence-corrected chi connectivity index (χ3v) is 2.94. The first-order valence-electron chi connectivity index (χ1n) is 4.43. The standard InChI is InChI=1S/C11H13BrO2/c1-6-4-7(2)10(9(12)5-6)8(3)11(13)14/h4-5,8H,1-3H3,(H,13,14). The third-order valence-electron chi connectivity index (χ3n) is 2.28. The van der Waals surface area contributed by atoms with E-state index in [2.05, 4.69) is 15.9 Å². The van der Waals surface area contributed by atoms with Gasteiger partial charge in [0.15, 0.2) is 0 Å². The fourth-order valence-corrected chi connectivity index (χ4v) is 2.62. The van der Waals surface area contributed by atoms with Crippen LogP contribution < -0.4 is 0 Å². The highest BCUT2D eigenvalue weighted by Crippen LogP contribution is 2.29. The Morgan fingerprint density at radius 3 is 2.43 bits per heavy atom. The Hall–Kier alpha value is -0.830. The molecule has 1 atom stereocenters. The molecule has 1 aromatic rings. The number of hydrogen-bond acceptors (Lipinski definition) is 1. The van der Waals surface area contributed by atoms with Crippen molar-refractivity contribution in [3.63, 3.8) is 0 Å². The number of halogens is 1. The van der Waals surface area contributed by atoms with Crippen molar-refractivity contribution in [1.82, 2.24) is 0 Å². The molecule has 0 amide bonds. The van der Waals surface area contributed by atoms with E-state index in [9.17, 15) is 4.79 Å². The van der Waals surface area contributed by atoms with Gasteiger partial charge in [-0.1, -0.05) is 22.0 Å². The number of aryl methyl sites for hydroxylation is 2. The van der Waals surface area contributed by atoms with Crippen molar-refractivity contribution < 1.29 is 9.90 Å². The van der Waals surface area contributed by atoms with Crippen LogP contribution in [0, 0.1) is 13.8 Å². The van der Waals surface area contributed by atoms with Crippen LogP contribution in [0.4, 0.5) is 0 Å². The minimum absolute atomic E-state index is 0.468. The topological polar surface area (TPSA) is 37.3 Å². The van der Waals surface area contributed by atoms with E-state index in [0.29, 0.717) is 0 Å². The highest BCUT2D eigenvalue weighted by Gasteiger charge is 2.18. The summed E-state index contributed by atoms with van der Waals surface area (Å²) in [6, 6.07) is 3.95. The largest absolute Gasteiger partial charge is 0.481 e. The van der Waals surface area contributed by atoms with Crippen LogP contribution in [0.1, 0.15) is 29.5 Å². The van der Waals surface area contributed by atoms with Crippen molar-refractivity contribution in [3.8, 4) is 0 Å². The van der Waals surface area contributed by atoms with E-state index in [0.717, 1.165) is 21.2 Å². The van der Waals surface area contributed by atoms with Gasteiger partial charge in [-0.25, -0.2) is 0 Å². The van der Waals surface area contributed by atoms with E-state index in [1.807, 2.05) is 26.0 Å². The molecular formula is C11H13BrO2. The molecule has 0 saturated carbocycles. The highest BCUT2D eigenvalue weighted by molar-refractivity contribution is 9.10. The molecule has 2 nitrogen and oxygen atoms in total. The SMILES string of the molecule is Cc1cc(C)c(C(C)C(=O)O)c(Br)c1. The van der Waals surface area contributed by atoms with Gasteiger partial charge in [0.05, 0.1) is 5.92 Å². The van der Waals surface area contributed by atoms with Crippen LogP contribution in [-0.2, 0) is 4.79 Å². The molecule has 1 aromatic carbocycles. The van der Waals surface area contributed by atoms with Gasteiger partial charge >= 0.3 is 5.97 Å². The van der Waals surface area contributed by atoms with Crippen LogP contribution >= 0.6 is 15.9 Å². The molecule has 0 aromatic heterocycles. The smallest absolute Gasteiger partial charge is 0.310 e. The monoisotopic (exact) mass is 256 g/mol. The lowest BCUT2D eigenvalue weighted by Gasteiger charge is -2.13. The maximum absolute atomic E-state index is 10.9. The number of aliphatic carboxylic acids is 1. The molecule has 0 bridgehead atoms. The van der Waals surface area contributed by atoms with E-state index >= 15 is 0 Å². The van der Waals surface area contributed by atoms with Crippen LogP contribution in [0.5, 0.6) is 0 Å². The van der Waals surface area contributed by atoms with Gasteiger partial charge in [-0.3, -0.25) is 4.79 Å². The van der Waals surface area contributed by atoms with Gasteiger partial charge in [0, 0.05) is 4.47 Å². The molecule has 0 aliphatic carbocycles. The minimum atomic E-state index is -0.794. The zero-order valence-corrected chi connectivity index (χ0v) is 10.1. The van der Waals surface area contributed by atoms with E-state index in [1.54, 1.807) is 6.92 Å². The number of hydrogen-bond donors (Lipinski definition) is 1. The van der Waals surface area contributed by atoms with Crippen LogP contribution in [0.15, 0.2) is 16.6 Å². The maximum Gasteiger partial charge on any atom is 0.310 e. The second-order valence-electron chi connectivity index (χ2n) is 3.54. The molecule has 14 heavy (non-hydrogen) atoms. The quantitative estimate of drug-likeness (QED) is 0.882. The van der Waals surface area contributed by atoms with Crippen molar-refractivity contribution in [2.45, 2.75) is 26.7 Å². The fourth-order valence-electron chi connectivity index (χ4n) is 1.60. The second kappa shape index (κ2) is 4.13. The Labute approximate surface area is 92.1 Å². The predicted octanol–water partition coefficient (Wildman–Crippen LogP) is 3.25. The van der Waals surface area contributed by atoms with E-state index in [-0.39, 0.29) is 0 Å². The van der Waals surface area contributed by atoms with Crippen LogP contribution in [-0.4, -0.2) is 11.1 Å². The van der Waals surface area contributed by atoms with Crippen LogP contribution in [0.2, 0.25) is 0 Å². The summed E-state index contributed by atoms with van der Waals surface area (Å²) in [5.74, 6) is -1.26. The van der Waals surface area contributed by atoms with Crippen LogP contribution in [0.25, 0.3) is 0 Å². The van der Waals surface area contributed by atoms with Gasteiger partial charge in [0.2, 0.25) is 0 Å². The van der Waals surface area contributed by atoms with Crippen molar-refractivity contribution in [1.29, 1.82) is 0 Å². The fraction of sp³-hybridized carbons (Fsp3) is 0.364. The minimum Gasteiger partial charge on any atom is -0.481 e. The first-order valence-corrected chi connectivity index (χ1v) is 5.22. The normalized spacial score (nSPS) is 12.6. The first-order chi connectivity index (χ1) is 6.43. The lowest BCUT2D eigenvalue weighted by atomic mass is 9.95. The van der Waals surface area contributed by atoms with Gasteiger partial charge in [0.1, 0.15) is 0 Å². The Bertz CT molecular complexity index is 349. The van der Waals surface area contributed by atoms with Crippen molar-refractivity contribution in [3.05, 3.63) is 33.3 Å². The molecule has 0 aliphatic heterocycles. The average Bonchev–Trinajstić information content (AvgIpc) is 2.01. The highest BCUT2D eigenvalue weighted by atomic mass is 79.9. The zero-order valence-electron chi connectivity index (χ0n) is 8.47. The molecule has 0 spiro atoms. The molecule has 1 rings (SSSR count). The summed E-state index contributed by atoms with van der Waals surface area (Å²) in [4.78, 5) is 10.9.